The van der Waals surface area contributed by atoms with Crippen LogP contribution in [0.3, 0.4) is 0 Å². The highest BCUT2D eigenvalue weighted by molar-refractivity contribution is 5.26. The summed E-state index contributed by atoms with van der Waals surface area (Å²) >= 11 is 0. The third kappa shape index (κ3) is 3.20. The number of aliphatic hydroxyl groups excluding tert-OH is 1. The summed E-state index contributed by atoms with van der Waals surface area (Å²) in [6, 6.07) is 0.621. The Labute approximate surface area is 108 Å². The second kappa shape index (κ2) is 5.67. The van der Waals surface area contributed by atoms with Crippen molar-refractivity contribution in [3.63, 3.8) is 0 Å². The number of anilines is 1. The summed E-state index contributed by atoms with van der Waals surface area (Å²) in [6.07, 6.45) is -0.271. The lowest BCUT2D eigenvalue weighted by molar-refractivity contribution is 0.122. The van der Waals surface area contributed by atoms with E-state index in [1.807, 2.05) is 6.92 Å². The van der Waals surface area contributed by atoms with E-state index in [-0.39, 0.29) is 6.10 Å². The molecule has 1 aromatic rings. The molecule has 1 N–H and O–H groups in total. The van der Waals surface area contributed by atoms with E-state index in [4.69, 9.17) is 4.52 Å². The highest BCUT2D eigenvalue weighted by atomic mass is 16.5. The predicted octanol–water partition coefficient (Wildman–Crippen LogP) is 0.696. The maximum absolute atomic E-state index is 9.36. The van der Waals surface area contributed by atoms with Crippen LogP contribution in [0.25, 0.3) is 0 Å². The predicted molar refractivity (Wildman–Crippen MR) is 68.7 cm³/mol. The van der Waals surface area contributed by atoms with Gasteiger partial charge in [0.1, 0.15) is 0 Å². The fourth-order valence-electron chi connectivity index (χ4n) is 2.08. The Kier molecular flexibility index (Phi) is 4.19. The monoisotopic (exact) mass is 254 g/mol. The summed E-state index contributed by atoms with van der Waals surface area (Å²) in [5, 5.41) is 13.3. The fraction of sp³-hybridized carbons (Fsp3) is 0.833. The van der Waals surface area contributed by atoms with E-state index in [2.05, 4.69) is 33.8 Å². The second-order valence-corrected chi connectivity index (χ2v) is 5.23. The zero-order chi connectivity index (χ0) is 13.1. The van der Waals surface area contributed by atoms with Gasteiger partial charge in [0.2, 0.25) is 0 Å². The van der Waals surface area contributed by atoms with Gasteiger partial charge in [-0.25, -0.2) is 0 Å². The van der Waals surface area contributed by atoms with Gasteiger partial charge < -0.3 is 14.5 Å². The fourth-order valence-corrected chi connectivity index (χ4v) is 2.08. The Morgan fingerprint density at radius 3 is 2.39 bits per heavy atom. The molecule has 6 nitrogen and oxygen atoms in total. The van der Waals surface area contributed by atoms with Gasteiger partial charge in [-0.15, -0.1) is 0 Å². The van der Waals surface area contributed by atoms with Gasteiger partial charge in [-0.3, -0.25) is 4.90 Å². The van der Waals surface area contributed by atoms with Gasteiger partial charge in [0.05, 0.1) is 6.10 Å². The van der Waals surface area contributed by atoms with Crippen molar-refractivity contribution in [1.82, 2.24) is 15.0 Å². The van der Waals surface area contributed by atoms with Crippen molar-refractivity contribution in [3.05, 3.63) is 5.82 Å². The molecule has 1 fully saturated rings. The van der Waals surface area contributed by atoms with Crippen LogP contribution < -0.4 is 4.90 Å². The first-order valence-electron chi connectivity index (χ1n) is 6.55. The van der Waals surface area contributed by atoms with Gasteiger partial charge >= 0.3 is 6.01 Å². The minimum absolute atomic E-state index is 0.271. The summed E-state index contributed by atoms with van der Waals surface area (Å²) in [5.74, 6) is 1.05. The van der Waals surface area contributed by atoms with E-state index >= 15 is 0 Å². The molecule has 2 rings (SSSR count). The lowest BCUT2D eigenvalue weighted by Crippen LogP contribution is -2.48. The summed E-state index contributed by atoms with van der Waals surface area (Å²) in [4.78, 5) is 8.76. The van der Waals surface area contributed by atoms with Gasteiger partial charge in [-0.05, 0) is 6.92 Å². The van der Waals surface area contributed by atoms with E-state index < -0.39 is 0 Å². The van der Waals surface area contributed by atoms with E-state index in [1.165, 1.54) is 0 Å². The van der Waals surface area contributed by atoms with Gasteiger partial charge in [-0.1, -0.05) is 19.0 Å². The van der Waals surface area contributed by atoms with Crippen molar-refractivity contribution in [3.8, 4) is 0 Å². The van der Waals surface area contributed by atoms with Gasteiger partial charge in [0, 0.05) is 38.6 Å². The smallest absolute Gasteiger partial charge is 0.324 e. The molecular weight excluding hydrogens is 232 g/mol. The molecule has 0 aromatic carbocycles. The number of hydrogen-bond acceptors (Lipinski definition) is 6. The molecule has 2 heterocycles. The van der Waals surface area contributed by atoms with Gasteiger partial charge in [-0.2, -0.15) is 4.98 Å². The zero-order valence-corrected chi connectivity index (χ0v) is 11.3. The Morgan fingerprint density at radius 2 is 1.89 bits per heavy atom. The molecule has 6 heteroatoms. The summed E-state index contributed by atoms with van der Waals surface area (Å²) in [5.41, 5.74) is 0. The SMILES string of the molecule is CC(C)c1noc(N2CCN(C[C@@H](C)O)CC2)n1. The van der Waals surface area contributed by atoms with Crippen LogP contribution in [-0.4, -0.2) is 59.0 Å². The van der Waals surface area contributed by atoms with E-state index in [0.29, 0.717) is 11.9 Å². The number of piperazine rings is 1. The molecule has 0 aliphatic carbocycles. The summed E-state index contributed by atoms with van der Waals surface area (Å²) < 4.78 is 5.28. The van der Waals surface area contributed by atoms with Crippen molar-refractivity contribution in [2.75, 3.05) is 37.6 Å². The minimum atomic E-state index is -0.271. The lowest BCUT2D eigenvalue weighted by atomic mass is 10.2. The largest absolute Gasteiger partial charge is 0.392 e. The highest BCUT2D eigenvalue weighted by Crippen LogP contribution is 2.17. The topological polar surface area (TPSA) is 65.6 Å². The first-order valence-corrected chi connectivity index (χ1v) is 6.55. The third-order valence-corrected chi connectivity index (χ3v) is 3.11. The lowest BCUT2D eigenvalue weighted by Gasteiger charge is -2.33. The first-order chi connectivity index (χ1) is 8.56. The maximum atomic E-state index is 9.36. The molecule has 0 bridgehead atoms. The zero-order valence-electron chi connectivity index (χ0n) is 11.3. The molecule has 102 valence electrons. The molecule has 1 aromatic heterocycles. The third-order valence-electron chi connectivity index (χ3n) is 3.11. The Morgan fingerprint density at radius 1 is 1.22 bits per heavy atom. The number of aliphatic hydroxyl groups is 1. The van der Waals surface area contributed by atoms with Gasteiger partial charge in [0.25, 0.3) is 0 Å². The van der Waals surface area contributed by atoms with Crippen LogP contribution in [0, 0.1) is 0 Å². The highest BCUT2D eigenvalue weighted by Gasteiger charge is 2.22. The van der Waals surface area contributed by atoms with Crippen molar-refractivity contribution < 1.29 is 9.63 Å². The molecule has 0 unspecified atom stereocenters. The number of β-amino-alcohol motifs (C(OH)–C–C–N with tert-alkyl or cyclic N) is 1. The van der Waals surface area contributed by atoms with Crippen LogP contribution in [0.15, 0.2) is 4.52 Å². The average Bonchev–Trinajstić information content (AvgIpc) is 2.78. The maximum Gasteiger partial charge on any atom is 0.324 e. The number of nitrogens with zero attached hydrogens (tertiary/aromatic N) is 4. The molecule has 1 aliphatic heterocycles. The van der Waals surface area contributed by atoms with E-state index in [1.54, 1.807) is 0 Å². The van der Waals surface area contributed by atoms with E-state index in [0.717, 1.165) is 38.5 Å². The van der Waals surface area contributed by atoms with Crippen LogP contribution in [0.4, 0.5) is 6.01 Å². The number of rotatable bonds is 4. The molecular formula is C12H22N4O2. The Hall–Kier alpha value is -1.14. The summed E-state index contributed by atoms with van der Waals surface area (Å²) in [7, 11) is 0. The van der Waals surface area contributed by atoms with Crippen LogP contribution in [-0.2, 0) is 0 Å². The quantitative estimate of drug-likeness (QED) is 0.853. The molecule has 0 saturated carbocycles. The summed E-state index contributed by atoms with van der Waals surface area (Å²) in [6.45, 7) is 10.2. The number of aromatic nitrogens is 2. The van der Waals surface area contributed by atoms with Crippen LogP contribution in [0.5, 0.6) is 0 Å². The van der Waals surface area contributed by atoms with Crippen molar-refractivity contribution in [2.45, 2.75) is 32.8 Å². The molecule has 0 radical (unpaired) electrons. The van der Waals surface area contributed by atoms with E-state index in [9.17, 15) is 5.11 Å². The normalized spacial score (nSPS) is 19.5. The van der Waals surface area contributed by atoms with Gasteiger partial charge in [0.15, 0.2) is 5.82 Å². The molecule has 0 amide bonds. The first kappa shape index (κ1) is 13.3. The minimum Gasteiger partial charge on any atom is -0.392 e. The molecule has 0 spiro atoms. The Bertz CT molecular complexity index is 370. The average molecular weight is 254 g/mol. The van der Waals surface area contributed by atoms with Crippen molar-refractivity contribution in [1.29, 1.82) is 0 Å². The Balaban J connectivity index is 1.88. The molecule has 1 aliphatic rings. The second-order valence-electron chi connectivity index (χ2n) is 5.23. The van der Waals surface area contributed by atoms with Crippen molar-refractivity contribution in [2.24, 2.45) is 0 Å². The number of hydrogen-bond donors (Lipinski definition) is 1. The molecule has 18 heavy (non-hydrogen) atoms. The van der Waals surface area contributed by atoms with Crippen LogP contribution in [0.2, 0.25) is 0 Å². The van der Waals surface area contributed by atoms with Crippen LogP contribution in [0.1, 0.15) is 32.5 Å². The standard InChI is InChI=1S/C12H22N4O2/c1-9(2)11-13-12(18-14-11)16-6-4-15(5-7-16)8-10(3)17/h9-10,17H,4-8H2,1-3H3/t10-/m1/s1. The van der Waals surface area contributed by atoms with Crippen molar-refractivity contribution >= 4 is 6.01 Å². The van der Waals surface area contributed by atoms with Crippen LogP contribution >= 0.6 is 0 Å². The molecule has 1 atom stereocenters. The molecule has 1 saturated heterocycles.